The lowest BCUT2D eigenvalue weighted by Gasteiger charge is -1.95. The van der Waals surface area contributed by atoms with Gasteiger partial charge in [-0.3, -0.25) is 0 Å². The fourth-order valence-corrected chi connectivity index (χ4v) is 1.79. The van der Waals surface area contributed by atoms with Crippen molar-refractivity contribution in [3.8, 4) is 0 Å². The van der Waals surface area contributed by atoms with Crippen molar-refractivity contribution in [2.45, 2.75) is 10.8 Å². The van der Waals surface area contributed by atoms with Gasteiger partial charge in [0.05, 0.1) is 0 Å². The van der Waals surface area contributed by atoms with Crippen LogP contribution in [0.4, 0.5) is 0 Å². The van der Waals surface area contributed by atoms with E-state index in [-0.39, 0.29) is 5.88 Å². The smallest absolute Gasteiger partial charge is 0.241 e. The molecule has 0 fully saturated rings. The fourth-order valence-electron chi connectivity index (χ4n) is 1.28. The molecule has 2 rings (SSSR count). The first-order valence-corrected chi connectivity index (χ1v) is 6.78. The van der Waals surface area contributed by atoms with Crippen LogP contribution < -0.4 is 0 Å². The number of thioether (sulfide) groups is 1. The summed E-state index contributed by atoms with van der Waals surface area (Å²) in [5.74, 6) is 1.21. The van der Waals surface area contributed by atoms with Gasteiger partial charge in [0.1, 0.15) is 5.88 Å². The van der Waals surface area contributed by atoms with E-state index in [2.05, 4.69) is 28.5 Å². The van der Waals surface area contributed by atoms with E-state index in [9.17, 15) is 0 Å². The van der Waals surface area contributed by atoms with Crippen molar-refractivity contribution in [2.75, 3.05) is 6.26 Å². The molecule has 0 N–H and O–H groups in total. The highest BCUT2D eigenvalue weighted by atomic mass is 35.5. The van der Waals surface area contributed by atoms with Gasteiger partial charge in [0.2, 0.25) is 5.89 Å². The Morgan fingerprint density at radius 1 is 1.29 bits per heavy atom. The zero-order chi connectivity index (χ0) is 12.1. The van der Waals surface area contributed by atoms with E-state index >= 15 is 0 Å². The molecule has 88 valence electrons. The van der Waals surface area contributed by atoms with Crippen molar-refractivity contribution in [3.05, 3.63) is 41.5 Å². The summed E-state index contributed by atoms with van der Waals surface area (Å²) in [6.45, 7) is 0. The Labute approximate surface area is 109 Å². The zero-order valence-electron chi connectivity index (χ0n) is 9.26. The molecule has 0 saturated carbocycles. The fraction of sp³-hybridized carbons (Fsp3) is 0.167. The molecule has 0 radical (unpaired) electrons. The molecule has 0 aliphatic carbocycles. The highest BCUT2D eigenvalue weighted by Crippen LogP contribution is 2.16. The zero-order valence-corrected chi connectivity index (χ0v) is 10.8. The molecule has 0 atom stereocenters. The molecule has 0 amide bonds. The minimum absolute atomic E-state index is 0.239. The van der Waals surface area contributed by atoms with Crippen LogP contribution in [0.1, 0.15) is 17.3 Å². The van der Waals surface area contributed by atoms with Crippen LogP contribution in [-0.2, 0) is 5.88 Å². The van der Waals surface area contributed by atoms with E-state index in [1.165, 1.54) is 4.90 Å². The Bertz CT molecular complexity index is 507. The van der Waals surface area contributed by atoms with Crippen LogP contribution in [0.15, 0.2) is 33.7 Å². The van der Waals surface area contributed by atoms with Gasteiger partial charge in [0, 0.05) is 4.90 Å². The number of hydrogen-bond acceptors (Lipinski definition) is 4. The Morgan fingerprint density at radius 2 is 2.06 bits per heavy atom. The average Bonchev–Trinajstić information content (AvgIpc) is 2.85. The average molecular weight is 267 g/mol. The minimum Gasteiger partial charge on any atom is -0.338 e. The summed E-state index contributed by atoms with van der Waals surface area (Å²) < 4.78 is 4.89. The van der Waals surface area contributed by atoms with Crippen molar-refractivity contribution >= 4 is 35.5 Å². The van der Waals surface area contributed by atoms with E-state index in [0.717, 1.165) is 5.56 Å². The van der Waals surface area contributed by atoms with Gasteiger partial charge >= 0.3 is 0 Å². The van der Waals surface area contributed by atoms with Gasteiger partial charge < -0.3 is 4.52 Å². The van der Waals surface area contributed by atoms with Crippen molar-refractivity contribution in [1.82, 2.24) is 10.1 Å². The lowest BCUT2D eigenvalue weighted by molar-refractivity contribution is 0.388. The van der Waals surface area contributed by atoms with Crippen LogP contribution in [0.3, 0.4) is 0 Å². The van der Waals surface area contributed by atoms with E-state index in [1.54, 1.807) is 17.8 Å². The molecular weight excluding hydrogens is 256 g/mol. The number of benzene rings is 1. The third kappa shape index (κ3) is 3.35. The lowest BCUT2D eigenvalue weighted by Crippen LogP contribution is -1.78. The Hall–Kier alpha value is -1.26. The van der Waals surface area contributed by atoms with Crippen LogP contribution in [-0.4, -0.2) is 16.4 Å². The second kappa shape index (κ2) is 5.89. The van der Waals surface area contributed by atoms with Crippen LogP contribution in [0, 0.1) is 0 Å². The Balaban J connectivity index is 2.08. The van der Waals surface area contributed by atoms with Crippen molar-refractivity contribution in [3.63, 3.8) is 0 Å². The molecule has 0 unspecified atom stereocenters. The third-order valence-electron chi connectivity index (χ3n) is 2.14. The lowest BCUT2D eigenvalue weighted by atomic mass is 10.2. The van der Waals surface area contributed by atoms with Gasteiger partial charge in [-0.25, -0.2) is 0 Å². The Morgan fingerprint density at radius 3 is 2.65 bits per heavy atom. The molecule has 5 heteroatoms. The maximum Gasteiger partial charge on any atom is 0.241 e. The van der Waals surface area contributed by atoms with Crippen molar-refractivity contribution in [1.29, 1.82) is 0 Å². The van der Waals surface area contributed by atoms with Crippen LogP contribution in [0.2, 0.25) is 0 Å². The molecular formula is C12H11ClN2OS. The number of aromatic nitrogens is 2. The van der Waals surface area contributed by atoms with Crippen LogP contribution in [0.5, 0.6) is 0 Å². The molecule has 1 aromatic carbocycles. The van der Waals surface area contributed by atoms with E-state index in [0.29, 0.717) is 11.7 Å². The topological polar surface area (TPSA) is 38.9 Å². The van der Waals surface area contributed by atoms with Gasteiger partial charge in [0.15, 0.2) is 5.82 Å². The van der Waals surface area contributed by atoms with Crippen molar-refractivity contribution in [2.24, 2.45) is 0 Å². The first-order valence-electron chi connectivity index (χ1n) is 5.02. The minimum atomic E-state index is 0.239. The predicted octanol–water partition coefficient (Wildman–Crippen LogP) is 3.70. The molecule has 0 aliphatic rings. The first kappa shape index (κ1) is 12.2. The summed E-state index contributed by atoms with van der Waals surface area (Å²) in [6.07, 6.45) is 5.79. The van der Waals surface area contributed by atoms with E-state index in [4.69, 9.17) is 16.1 Å². The summed E-state index contributed by atoms with van der Waals surface area (Å²) in [5.41, 5.74) is 1.10. The number of alkyl halides is 1. The molecule has 0 spiro atoms. The van der Waals surface area contributed by atoms with Crippen LogP contribution in [0.25, 0.3) is 12.2 Å². The van der Waals surface area contributed by atoms with E-state index < -0.39 is 0 Å². The molecule has 2 aromatic rings. The molecule has 0 bridgehead atoms. The van der Waals surface area contributed by atoms with Gasteiger partial charge in [-0.15, -0.1) is 23.4 Å². The molecule has 17 heavy (non-hydrogen) atoms. The Kier molecular flexibility index (Phi) is 4.23. The molecule has 1 heterocycles. The summed E-state index contributed by atoms with van der Waals surface area (Å²) >= 11 is 7.29. The van der Waals surface area contributed by atoms with Gasteiger partial charge in [-0.2, -0.15) is 4.98 Å². The second-order valence-electron chi connectivity index (χ2n) is 3.29. The molecule has 3 nitrogen and oxygen atoms in total. The summed E-state index contributed by atoms with van der Waals surface area (Å²) in [5, 5.41) is 3.77. The maximum absolute atomic E-state index is 5.57. The number of hydrogen-bond donors (Lipinski definition) is 0. The number of rotatable bonds is 4. The normalized spacial score (nSPS) is 11.2. The maximum atomic E-state index is 5.57. The SMILES string of the molecule is CSc1ccc(C=Cc2noc(CCl)n2)cc1. The van der Waals surface area contributed by atoms with Crippen LogP contribution >= 0.6 is 23.4 Å². The van der Waals surface area contributed by atoms with E-state index in [1.807, 2.05) is 18.2 Å². The largest absolute Gasteiger partial charge is 0.338 e. The standard InChI is InChI=1S/C12H11ClN2OS/c1-17-10-5-2-9(3-6-10)4-7-11-14-12(8-13)16-15-11/h2-7H,8H2,1H3. The summed E-state index contributed by atoms with van der Waals surface area (Å²) in [7, 11) is 0. The quantitative estimate of drug-likeness (QED) is 0.625. The monoisotopic (exact) mass is 266 g/mol. The van der Waals surface area contributed by atoms with Gasteiger partial charge in [-0.1, -0.05) is 23.4 Å². The molecule has 0 saturated heterocycles. The number of halogens is 1. The molecule has 1 aromatic heterocycles. The predicted molar refractivity (Wildman–Crippen MR) is 71.0 cm³/mol. The second-order valence-corrected chi connectivity index (χ2v) is 4.43. The first-order chi connectivity index (χ1) is 8.31. The molecule has 0 aliphatic heterocycles. The number of nitrogens with zero attached hydrogens (tertiary/aromatic N) is 2. The highest BCUT2D eigenvalue weighted by molar-refractivity contribution is 7.98. The van der Waals surface area contributed by atoms with Gasteiger partial charge in [0.25, 0.3) is 0 Å². The van der Waals surface area contributed by atoms with Gasteiger partial charge in [-0.05, 0) is 30.0 Å². The highest BCUT2D eigenvalue weighted by Gasteiger charge is 2.00. The third-order valence-corrected chi connectivity index (χ3v) is 3.11. The van der Waals surface area contributed by atoms with Crippen molar-refractivity contribution < 1.29 is 4.52 Å². The summed E-state index contributed by atoms with van der Waals surface area (Å²) in [6, 6.07) is 8.24. The summed E-state index contributed by atoms with van der Waals surface area (Å²) in [4.78, 5) is 5.32.